The molecule has 0 atom stereocenters. The van der Waals surface area contributed by atoms with E-state index < -0.39 is 10.0 Å². The third kappa shape index (κ3) is 6.66. The summed E-state index contributed by atoms with van der Waals surface area (Å²) in [5.41, 5.74) is 1.16. The molecule has 4 rings (SSSR count). The van der Waals surface area contributed by atoms with Crippen molar-refractivity contribution < 1.29 is 17.9 Å². The smallest absolute Gasteiger partial charge is 0.260 e. The lowest BCUT2D eigenvalue weighted by atomic mass is 10.2. The van der Waals surface area contributed by atoms with Crippen molar-refractivity contribution in [3.8, 4) is 5.75 Å². The van der Waals surface area contributed by atoms with Gasteiger partial charge in [-0.3, -0.25) is 9.69 Å². The Labute approximate surface area is 236 Å². The molecule has 0 N–H and O–H groups in total. The number of rotatable bonds is 10. The summed E-state index contributed by atoms with van der Waals surface area (Å²) in [6, 6.07) is 12.1. The van der Waals surface area contributed by atoms with Crippen LogP contribution >= 0.6 is 23.7 Å². The standard InChI is InChI=1S/C27H36N4O4S2.ClH/c1-4-29(5-2)19-20-31(27-28-25-23(35-3)11-10-12-24(25)36-27)26(32)21-13-15-22(16-14-21)37(33,34)30-17-8-6-7-9-18-30;/h10-16H,4-9,17-20H2,1-3H3;1H. The van der Waals surface area contributed by atoms with Crippen molar-refractivity contribution in [2.45, 2.75) is 44.4 Å². The predicted molar refractivity (Wildman–Crippen MR) is 157 cm³/mol. The topological polar surface area (TPSA) is 83.1 Å². The van der Waals surface area contributed by atoms with Gasteiger partial charge in [0.2, 0.25) is 10.0 Å². The number of likely N-dealkylation sites (N-methyl/N-ethyl adjacent to an activating group) is 1. The van der Waals surface area contributed by atoms with E-state index in [0.29, 0.717) is 42.6 Å². The van der Waals surface area contributed by atoms with Gasteiger partial charge in [-0.15, -0.1) is 12.4 Å². The van der Waals surface area contributed by atoms with E-state index in [1.807, 2.05) is 18.2 Å². The van der Waals surface area contributed by atoms with Crippen LogP contribution in [0.2, 0.25) is 0 Å². The van der Waals surface area contributed by atoms with Crippen LogP contribution in [0.25, 0.3) is 10.2 Å². The number of sulfonamides is 1. The van der Waals surface area contributed by atoms with E-state index in [9.17, 15) is 13.2 Å². The van der Waals surface area contributed by atoms with Gasteiger partial charge in [-0.25, -0.2) is 13.4 Å². The van der Waals surface area contributed by atoms with Crippen LogP contribution in [0.4, 0.5) is 5.13 Å². The van der Waals surface area contributed by atoms with Crippen LogP contribution in [0.3, 0.4) is 0 Å². The molecule has 0 radical (unpaired) electrons. The second-order valence-corrected chi connectivity index (χ2v) is 12.1. The highest BCUT2D eigenvalue weighted by Crippen LogP contribution is 2.34. The van der Waals surface area contributed by atoms with E-state index >= 15 is 0 Å². The average molecular weight is 581 g/mol. The first-order valence-corrected chi connectivity index (χ1v) is 15.2. The monoisotopic (exact) mass is 580 g/mol. The van der Waals surface area contributed by atoms with Crippen molar-refractivity contribution >= 4 is 55.0 Å². The third-order valence-electron chi connectivity index (χ3n) is 6.90. The molecule has 1 aliphatic heterocycles. The molecule has 2 aromatic carbocycles. The first-order valence-electron chi connectivity index (χ1n) is 13.0. The summed E-state index contributed by atoms with van der Waals surface area (Å²) in [6.07, 6.45) is 3.87. The number of amides is 1. The Kier molecular flexibility index (Phi) is 10.9. The molecule has 0 saturated carbocycles. The first kappa shape index (κ1) is 30.3. The molecule has 0 unspecified atom stereocenters. The molecule has 3 aromatic rings. The second kappa shape index (κ2) is 13.7. The highest BCUT2D eigenvalue weighted by molar-refractivity contribution is 7.89. The minimum absolute atomic E-state index is 0. The van der Waals surface area contributed by atoms with Crippen molar-refractivity contribution in [3.05, 3.63) is 48.0 Å². The normalized spacial score (nSPS) is 14.7. The Morgan fingerprint density at radius 2 is 1.66 bits per heavy atom. The Morgan fingerprint density at radius 3 is 2.26 bits per heavy atom. The quantitative estimate of drug-likeness (QED) is 0.324. The fourth-order valence-corrected chi connectivity index (χ4v) is 7.14. The van der Waals surface area contributed by atoms with E-state index in [1.54, 1.807) is 40.6 Å². The molecule has 2 heterocycles. The molecule has 8 nitrogen and oxygen atoms in total. The molecule has 1 saturated heterocycles. The molecular weight excluding hydrogens is 544 g/mol. The number of methoxy groups -OCH3 is 1. The number of anilines is 1. The van der Waals surface area contributed by atoms with Gasteiger partial charge < -0.3 is 9.64 Å². The summed E-state index contributed by atoms with van der Waals surface area (Å²) in [6.45, 7) is 8.23. The predicted octanol–water partition coefficient (Wildman–Crippen LogP) is 5.28. The average Bonchev–Trinajstić information content (AvgIpc) is 3.15. The van der Waals surface area contributed by atoms with Crippen molar-refractivity contribution in [2.24, 2.45) is 0 Å². The summed E-state index contributed by atoms with van der Waals surface area (Å²) in [5.74, 6) is 0.461. The number of ether oxygens (including phenoxy) is 1. The molecule has 0 aliphatic carbocycles. The van der Waals surface area contributed by atoms with Crippen LogP contribution in [0, 0.1) is 0 Å². The van der Waals surface area contributed by atoms with Crippen LogP contribution in [-0.2, 0) is 10.0 Å². The fourth-order valence-electron chi connectivity index (χ4n) is 4.61. The number of carbonyl (C=O) groups is 1. The van der Waals surface area contributed by atoms with Gasteiger partial charge >= 0.3 is 0 Å². The van der Waals surface area contributed by atoms with E-state index in [-0.39, 0.29) is 23.2 Å². The highest BCUT2D eigenvalue weighted by atomic mass is 35.5. The number of aromatic nitrogens is 1. The van der Waals surface area contributed by atoms with Gasteiger partial charge in [0.1, 0.15) is 11.3 Å². The number of carbonyl (C=O) groups excluding carboxylic acids is 1. The SMILES string of the molecule is CCN(CC)CCN(C(=O)c1ccc(S(=O)(=O)N2CCCCCC2)cc1)c1nc2c(OC)cccc2s1.Cl. The van der Waals surface area contributed by atoms with Crippen LogP contribution in [-0.4, -0.2) is 74.9 Å². The Morgan fingerprint density at radius 1 is 1.00 bits per heavy atom. The van der Waals surface area contributed by atoms with E-state index in [2.05, 4.69) is 18.7 Å². The zero-order valence-electron chi connectivity index (χ0n) is 22.3. The minimum atomic E-state index is -3.58. The molecule has 1 amide bonds. The number of halogens is 1. The number of para-hydroxylation sites is 1. The molecule has 208 valence electrons. The molecule has 1 fully saturated rings. The number of hydrogen-bond donors (Lipinski definition) is 0. The Balaban J connectivity index is 0.00000400. The lowest BCUT2D eigenvalue weighted by Crippen LogP contribution is -2.39. The maximum absolute atomic E-state index is 13.8. The van der Waals surface area contributed by atoms with Gasteiger partial charge in [0, 0.05) is 31.7 Å². The van der Waals surface area contributed by atoms with E-state index in [1.165, 1.54) is 11.3 Å². The summed E-state index contributed by atoms with van der Waals surface area (Å²) < 4.78 is 34.4. The fraction of sp³-hybridized carbons (Fsp3) is 0.481. The minimum Gasteiger partial charge on any atom is -0.494 e. The molecule has 11 heteroatoms. The highest BCUT2D eigenvalue weighted by Gasteiger charge is 2.27. The zero-order valence-corrected chi connectivity index (χ0v) is 24.7. The van der Waals surface area contributed by atoms with Gasteiger partial charge in [0.05, 0.1) is 16.7 Å². The van der Waals surface area contributed by atoms with E-state index in [0.717, 1.165) is 49.0 Å². The summed E-state index contributed by atoms with van der Waals surface area (Å²) in [7, 11) is -1.97. The van der Waals surface area contributed by atoms with Crippen molar-refractivity contribution in [3.63, 3.8) is 0 Å². The van der Waals surface area contributed by atoms with E-state index in [4.69, 9.17) is 9.72 Å². The van der Waals surface area contributed by atoms with Crippen molar-refractivity contribution in [1.82, 2.24) is 14.2 Å². The number of thiazole rings is 1. The Hall–Kier alpha value is -2.24. The Bertz CT molecular complexity index is 1300. The summed E-state index contributed by atoms with van der Waals surface area (Å²) in [4.78, 5) is 22.7. The van der Waals surface area contributed by atoms with Crippen LogP contribution < -0.4 is 9.64 Å². The van der Waals surface area contributed by atoms with Crippen molar-refractivity contribution in [1.29, 1.82) is 0 Å². The van der Waals surface area contributed by atoms with Gasteiger partial charge in [-0.1, -0.05) is 44.1 Å². The number of fused-ring (bicyclic) bond motifs is 1. The molecular formula is C27H37ClN4O4S2. The first-order chi connectivity index (χ1) is 17.9. The molecule has 38 heavy (non-hydrogen) atoms. The molecule has 1 aromatic heterocycles. The van der Waals surface area contributed by atoms with Crippen LogP contribution in [0.1, 0.15) is 49.9 Å². The number of hydrogen-bond acceptors (Lipinski definition) is 7. The van der Waals surface area contributed by atoms with Gasteiger partial charge in [0.25, 0.3) is 5.91 Å². The molecule has 0 spiro atoms. The third-order valence-corrected chi connectivity index (χ3v) is 9.86. The van der Waals surface area contributed by atoms with Crippen molar-refractivity contribution in [2.75, 3.05) is 51.3 Å². The van der Waals surface area contributed by atoms with Crippen LogP contribution in [0.15, 0.2) is 47.4 Å². The summed E-state index contributed by atoms with van der Waals surface area (Å²) in [5, 5.41) is 0.595. The van der Waals surface area contributed by atoms with Gasteiger partial charge in [-0.2, -0.15) is 4.31 Å². The van der Waals surface area contributed by atoms with Gasteiger partial charge in [0.15, 0.2) is 5.13 Å². The lowest BCUT2D eigenvalue weighted by Gasteiger charge is -2.25. The largest absolute Gasteiger partial charge is 0.494 e. The lowest BCUT2D eigenvalue weighted by molar-refractivity contribution is 0.0983. The maximum Gasteiger partial charge on any atom is 0.260 e. The van der Waals surface area contributed by atoms with Gasteiger partial charge in [-0.05, 0) is 62.3 Å². The zero-order chi connectivity index (χ0) is 26.4. The maximum atomic E-state index is 13.8. The molecule has 1 aliphatic rings. The number of benzene rings is 2. The molecule has 0 bridgehead atoms. The second-order valence-electron chi connectivity index (χ2n) is 9.13. The van der Waals surface area contributed by atoms with Crippen LogP contribution in [0.5, 0.6) is 5.75 Å². The number of nitrogens with zero attached hydrogens (tertiary/aromatic N) is 4. The summed E-state index contributed by atoms with van der Waals surface area (Å²) >= 11 is 1.45.